The maximum absolute atomic E-state index is 11.2. The molecule has 1 aromatic rings. The molecule has 0 unspecified atom stereocenters. The van der Waals surface area contributed by atoms with Gasteiger partial charge < -0.3 is 15.1 Å². The molecule has 8 heteroatoms. The molecule has 2 rings (SSSR count). The number of sulfone groups is 1. The van der Waals surface area contributed by atoms with Gasteiger partial charge in [0.2, 0.25) is 0 Å². The highest BCUT2D eigenvalue weighted by Gasteiger charge is 2.20. The van der Waals surface area contributed by atoms with Crippen LogP contribution in [0.2, 0.25) is 0 Å². The van der Waals surface area contributed by atoms with Crippen LogP contribution in [-0.2, 0) is 9.84 Å². The van der Waals surface area contributed by atoms with E-state index in [1.807, 2.05) is 6.92 Å². The van der Waals surface area contributed by atoms with Crippen molar-refractivity contribution in [3.63, 3.8) is 0 Å². The smallest absolute Gasteiger partial charge is 0.194 e. The molecule has 0 atom stereocenters. The van der Waals surface area contributed by atoms with Crippen molar-refractivity contribution < 1.29 is 8.42 Å². The van der Waals surface area contributed by atoms with Crippen LogP contribution in [0.1, 0.15) is 6.92 Å². The van der Waals surface area contributed by atoms with Crippen molar-refractivity contribution in [1.82, 2.24) is 10.2 Å². The molecule has 0 radical (unpaired) electrons. The van der Waals surface area contributed by atoms with Crippen LogP contribution in [-0.4, -0.2) is 70.6 Å². The van der Waals surface area contributed by atoms with Crippen molar-refractivity contribution in [3.05, 3.63) is 17.5 Å². The molecule has 0 aliphatic carbocycles. The van der Waals surface area contributed by atoms with Gasteiger partial charge in [-0.05, 0) is 24.4 Å². The van der Waals surface area contributed by atoms with E-state index in [1.54, 1.807) is 11.3 Å². The summed E-state index contributed by atoms with van der Waals surface area (Å²) in [6.45, 7) is 6.81. The molecular formula is C14H24N4O2S2. The molecule has 0 aromatic carbocycles. The van der Waals surface area contributed by atoms with E-state index in [4.69, 9.17) is 0 Å². The molecule has 0 bridgehead atoms. The Bertz CT molecular complexity index is 576. The summed E-state index contributed by atoms with van der Waals surface area (Å²) in [6, 6.07) is 4.22. The summed E-state index contributed by atoms with van der Waals surface area (Å²) < 4.78 is 22.4. The second kappa shape index (κ2) is 7.82. The van der Waals surface area contributed by atoms with Gasteiger partial charge in [0.25, 0.3) is 0 Å². The van der Waals surface area contributed by atoms with Gasteiger partial charge in [-0.1, -0.05) is 0 Å². The maximum Gasteiger partial charge on any atom is 0.194 e. The van der Waals surface area contributed by atoms with E-state index in [2.05, 4.69) is 37.6 Å². The predicted molar refractivity (Wildman–Crippen MR) is 93.8 cm³/mol. The van der Waals surface area contributed by atoms with Gasteiger partial charge in [-0.3, -0.25) is 4.99 Å². The van der Waals surface area contributed by atoms with Crippen molar-refractivity contribution in [2.45, 2.75) is 6.92 Å². The van der Waals surface area contributed by atoms with E-state index < -0.39 is 9.84 Å². The van der Waals surface area contributed by atoms with Crippen LogP contribution >= 0.6 is 11.3 Å². The van der Waals surface area contributed by atoms with Gasteiger partial charge in [-0.2, -0.15) is 0 Å². The zero-order chi connectivity index (χ0) is 16.0. The molecule has 1 N–H and O–H groups in total. The Hall–Kier alpha value is -1.28. The van der Waals surface area contributed by atoms with E-state index in [1.165, 1.54) is 11.3 Å². The number of anilines is 1. The minimum absolute atomic E-state index is 0.0943. The maximum atomic E-state index is 11.2. The summed E-state index contributed by atoms with van der Waals surface area (Å²) in [5, 5.41) is 6.65. The lowest BCUT2D eigenvalue weighted by molar-refractivity contribution is 0.374. The Kier molecular flexibility index (Phi) is 6.07. The number of hydrogen-bond acceptors (Lipinski definition) is 5. The summed E-state index contributed by atoms with van der Waals surface area (Å²) in [6.07, 6.45) is 1.25. The average molecular weight is 345 g/mol. The van der Waals surface area contributed by atoms with Gasteiger partial charge in [0.15, 0.2) is 5.96 Å². The van der Waals surface area contributed by atoms with Crippen LogP contribution in [0, 0.1) is 0 Å². The number of nitrogens with zero attached hydrogens (tertiary/aromatic N) is 3. The molecule has 124 valence electrons. The van der Waals surface area contributed by atoms with Crippen LogP contribution in [0.3, 0.4) is 0 Å². The van der Waals surface area contributed by atoms with Crippen LogP contribution < -0.4 is 10.2 Å². The van der Waals surface area contributed by atoms with Crippen LogP contribution in [0.25, 0.3) is 0 Å². The Morgan fingerprint density at radius 3 is 2.64 bits per heavy atom. The molecular weight excluding hydrogens is 320 g/mol. The fraction of sp³-hybridized carbons (Fsp3) is 0.643. The van der Waals surface area contributed by atoms with Gasteiger partial charge in [0.1, 0.15) is 9.84 Å². The fourth-order valence-electron chi connectivity index (χ4n) is 2.33. The zero-order valence-electron chi connectivity index (χ0n) is 13.2. The highest BCUT2D eigenvalue weighted by Crippen LogP contribution is 2.22. The minimum Gasteiger partial charge on any atom is -0.360 e. The van der Waals surface area contributed by atoms with Gasteiger partial charge in [0.05, 0.1) is 17.3 Å². The number of nitrogens with one attached hydrogen (secondary N) is 1. The third kappa shape index (κ3) is 5.17. The first-order valence-corrected chi connectivity index (χ1v) is 10.4. The zero-order valence-corrected chi connectivity index (χ0v) is 14.8. The molecule has 1 aromatic heterocycles. The molecule has 0 saturated carbocycles. The van der Waals surface area contributed by atoms with Gasteiger partial charge >= 0.3 is 0 Å². The summed E-state index contributed by atoms with van der Waals surface area (Å²) >= 11 is 1.76. The molecule has 6 nitrogen and oxygen atoms in total. The Labute approximate surface area is 136 Å². The number of guanidine groups is 1. The Balaban J connectivity index is 1.91. The number of thiophene rings is 1. The normalized spacial score (nSPS) is 16.9. The monoisotopic (exact) mass is 344 g/mol. The molecule has 0 amide bonds. The molecule has 1 fully saturated rings. The molecule has 0 spiro atoms. The summed E-state index contributed by atoms with van der Waals surface area (Å²) in [5.74, 6) is 0.911. The Morgan fingerprint density at radius 1 is 1.36 bits per heavy atom. The average Bonchev–Trinajstić information content (AvgIpc) is 2.99. The second-order valence-corrected chi connectivity index (χ2v) is 8.48. The van der Waals surface area contributed by atoms with E-state index in [0.717, 1.165) is 38.7 Å². The number of rotatable bonds is 5. The largest absolute Gasteiger partial charge is 0.360 e. The first-order valence-electron chi connectivity index (χ1n) is 7.49. The molecule has 1 aliphatic heterocycles. The van der Waals surface area contributed by atoms with Gasteiger partial charge in [0, 0.05) is 39.0 Å². The van der Waals surface area contributed by atoms with E-state index in [9.17, 15) is 8.42 Å². The van der Waals surface area contributed by atoms with E-state index in [-0.39, 0.29) is 5.75 Å². The van der Waals surface area contributed by atoms with Gasteiger partial charge in [-0.15, -0.1) is 11.3 Å². The van der Waals surface area contributed by atoms with Crippen LogP contribution in [0.4, 0.5) is 5.00 Å². The lowest BCUT2D eigenvalue weighted by Gasteiger charge is -2.37. The predicted octanol–water partition coefficient (Wildman–Crippen LogP) is 0.880. The first kappa shape index (κ1) is 17.1. The summed E-state index contributed by atoms with van der Waals surface area (Å²) in [5.41, 5.74) is 0. The first-order chi connectivity index (χ1) is 10.5. The van der Waals surface area contributed by atoms with Crippen molar-refractivity contribution in [1.29, 1.82) is 0 Å². The van der Waals surface area contributed by atoms with Crippen molar-refractivity contribution in [3.8, 4) is 0 Å². The third-order valence-corrected chi connectivity index (χ3v) is 5.31. The highest BCUT2D eigenvalue weighted by atomic mass is 32.2. The SMILES string of the molecule is CCNC(=NCCS(C)(=O)=O)N1CCN(c2cccs2)CC1. The Morgan fingerprint density at radius 2 is 2.09 bits per heavy atom. The van der Waals surface area contributed by atoms with Gasteiger partial charge in [-0.25, -0.2) is 8.42 Å². The van der Waals surface area contributed by atoms with Crippen LogP contribution in [0.5, 0.6) is 0 Å². The third-order valence-electron chi connectivity index (χ3n) is 3.46. The lowest BCUT2D eigenvalue weighted by atomic mass is 10.3. The van der Waals surface area contributed by atoms with Crippen molar-refractivity contribution in [2.75, 3.05) is 56.2 Å². The summed E-state index contributed by atoms with van der Waals surface area (Å²) in [7, 11) is -2.96. The second-order valence-electron chi connectivity index (χ2n) is 5.29. The number of hydrogen-bond donors (Lipinski definition) is 1. The van der Waals surface area contributed by atoms with Crippen LogP contribution in [0.15, 0.2) is 22.5 Å². The number of aliphatic imine (C=N–C) groups is 1. The quantitative estimate of drug-likeness (QED) is 0.634. The topological polar surface area (TPSA) is 65.0 Å². The number of piperazine rings is 1. The minimum atomic E-state index is -2.96. The molecule has 22 heavy (non-hydrogen) atoms. The molecule has 2 heterocycles. The molecule has 1 saturated heterocycles. The highest BCUT2D eigenvalue weighted by molar-refractivity contribution is 7.90. The van der Waals surface area contributed by atoms with E-state index in [0.29, 0.717) is 6.54 Å². The van der Waals surface area contributed by atoms with E-state index >= 15 is 0 Å². The molecule has 1 aliphatic rings. The standard InChI is InChI=1S/C14H24N4O2S2/c1-3-15-14(16-6-12-22(2,19)20)18-9-7-17(8-10-18)13-5-4-11-21-13/h4-5,11H,3,6-10,12H2,1-2H3,(H,15,16). The lowest BCUT2D eigenvalue weighted by Crippen LogP contribution is -2.52. The summed E-state index contributed by atoms with van der Waals surface area (Å²) in [4.78, 5) is 9.03. The van der Waals surface area contributed by atoms with Crippen molar-refractivity contribution in [2.24, 2.45) is 4.99 Å². The van der Waals surface area contributed by atoms with Crippen molar-refractivity contribution >= 4 is 32.1 Å². The fourth-order valence-corrected chi connectivity index (χ4v) is 3.54.